The summed E-state index contributed by atoms with van der Waals surface area (Å²) in [6.07, 6.45) is 2.26. The smallest absolute Gasteiger partial charge is 0.407 e. The second-order valence-electron chi connectivity index (χ2n) is 5.06. The molecule has 1 amide bonds. The number of likely N-dealkylation sites (tertiary alicyclic amines) is 1. The molecule has 1 aliphatic rings. The Balaban J connectivity index is 1.54. The lowest BCUT2D eigenvalue weighted by atomic mass is 10.0. The molecule has 0 unspecified atom stereocenters. The summed E-state index contributed by atoms with van der Waals surface area (Å²) < 4.78 is 5.62. The molecule has 4 nitrogen and oxygen atoms in total. The minimum absolute atomic E-state index is 0.511. The van der Waals surface area contributed by atoms with E-state index in [2.05, 4.69) is 12.1 Å². The molecule has 104 valence electrons. The molecule has 2 rings (SSSR count). The van der Waals surface area contributed by atoms with Crippen molar-refractivity contribution in [2.75, 3.05) is 19.7 Å². The van der Waals surface area contributed by atoms with Crippen LogP contribution in [0.5, 0.6) is 0 Å². The van der Waals surface area contributed by atoms with Crippen LogP contribution in [0.2, 0.25) is 0 Å². The number of carboxylic acid groups (broad SMARTS) is 1. The zero-order valence-electron chi connectivity index (χ0n) is 11.1. The highest BCUT2D eigenvalue weighted by molar-refractivity contribution is 5.65. The van der Waals surface area contributed by atoms with Crippen molar-refractivity contribution in [3.63, 3.8) is 0 Å². The average Bonchev–Trinajstić information content (AvgIpc) is 2.89. The summed E-state index contributed by atoms with van der Waals surface area (Å²) in [5, 5.41) is 8.87. The topological polar surface area (TPSA) is 49.8 Å². The van der Waals surface area contributed by atoms with Gasteiger partial charge in [0.15, 0.2) is 0 Å². The number of hydrogen-bond acceptors (Lipinski definition) is 2. The number of rotatable bonds is 6. The molecule has 1 heterocycles. The van der Waals surface area contributed by atoms with Gasteiger partial charge in [0, 0.05) is 19.7 Å². The Morgan fingerprint density at radius 1 is 1.37 bits per heavy atom. The van der Waals surface area contributed by atoms with E-state index in [9.17, 15) is 4.79 Å². The molecule has 0 aliphatic carbocycles. The fourth-order valence-corrected chi connectivity index (χ4v) is 2.48. The van der Waals surface area contributed by atoms with Crippen LogP contribution >= 0.6 is 0 Å². The minimum Gasteiger partial charge on any atom is -0.465 e. The van der Waals surface area contributed by atoms with Crippen LogP contribution in [0.15, 0.2) is 30.3 Å². The highest BCUT2D eigenvalue weighted by atomic mass is 16.5. The monoisotopic (exact) mass is 263 g/mol. The summed E-state index contributed by atoms with van der Waals surface area (Å²) in [6.45, 7) is 2.78. The van der Waals surface area contributed by atoms with E-state index in [1.54, 1.807) is 0 Å². The maximum Gasteiger partial charge on any atom is 0.407 e. The lowest BCUT2D eigenvalue weighted by Crippen LogP contribution is -2.26. The molecular weight excluding hydrogens is 242 g/mol. The largest absolute Gasteiger partial charge is 0.465 e. The molecule has 0 aromatic heterocycles. The van der Waals surface area contributed by atoms with Crippen LogP contribution in [0.3, 0.4) is 0 Å². The van der Waals surface area contributed by atoms with Crippen molar-refractivity contribution in [1.29, 1.82) is 0 Å². The first-order valence-electron chi connectivity index (χ1n) is 6.85. The SMILES string of the molecule is O=C(O)N1CC[C@@H](CCCOCc2ccccc2)C1. The summed E-state index contributed by atoms with van der Waals surface area (Å²) in [5.74, 6) is 0.511. The van der Waals surface area contributed by atoms with E-state index >= 15 is 0 Å². The van der Waals surface area contributed by atoms with E-state index in [-0.39, 0.29) is 0 Å². The summed E-state index contributed by atoms with van der Waals surface area (Å²) in [4.78, 5) is 12.3. The standard InChI is InChI=1S/C15H21NO3/c17-15(18)16-9-8-13(11-16)7-4-10-19-12-14-5-2-1-3-6-14/h1-3,5-6,13H,4,7-12H2,(H,17,18)/t13-/m1/s1. The van der Waals surface area contributed by atoms with Crippen LogP contribution in [0, 0.1) is 5.92 Å². The zero-order valence-corrected chi connectivity index (χ0v) is 11.1. The number of ether oxygens (including phenoxy) is 1. The second-order valence-corrected chi connectivity index (χ2v) is 5.06. The molecule has 0 spiro atoms. The van der Waals surface area contributed by atoms with Gasteiger partial charge < -0.3 is 14.7 Å². The van der Waals surface area contributed by atoms with Gasteiger partial charge in [-0.3, -0.25) is 0 Å². The molecule has 1 N–H and O–H groups in total. The van der Waals surface area contributed by atoms with Crippen molar-refractivity contribution in [2.45, 2.75) is 25.9 Å². The van der Waals surface area contributed by atoms with Gasteiger partial charge in [-0.2, -0.15) is 0 Å². The number of hydrogen-bond donors (Lipinski definition) is 1. The fourth-order valence-electron chi connectivity index (χ4n) is 2.48. The van der Waals surface area contributed by atoms with Crippen LogP contribution in [0.1, 0.15) is 24.8 Å². The Hall–Kier alpha value is -1.55. The number of carbonyl (C=O) groups is 1. The third kappa shape index (κ3) is 4.56. The summed E-state index contributed by atoms with van der Waals surface area (Å²) in [6, 6.07) is 10.1. The Bertz CT molecular complexity index is 394. The Morgan fingerprint density at radius 2 is 2.16 bits per heavy atom. The van der Waals surface area contributed by atoms with Crippen molar-refractivity contribution in [2.24, 2.45) is 5.92 Å². The third-order valence-electron chi connectivity index (χ3n) is 3.57. The normalized spacial score (nSPS) is 18.7. The van der Waals surface area contributed by atoms with Crippen LogP contribution < -0.4 is 0 Å². The first-order valence-corrected chi connectivity index (χ1v) is 6.85. The molecule has 1 aliphatic heterocycles. The van der Waals surface area contributed by atoms with Crippen molar-refractivity contribution < 1.29 is 14.6 Å². The van der Waals surface area contributed by atoms with E-state index < -0.39 is 6.09 Å². The third-order valence-corrected chi connectivity index (χ3v) is 3.57. The maximum atomic E-state index is 10.8. The van der Waals surface area contributed by atoms with Crippen molar-refractivity contribution in [3.8, 4) is 0 Å². The summed E-state index contributed by atoms with van der Waals surface area (Å²) in [5.41, 5.74) is 1.19. The quantitative estimate of drug-likeness (QED) is 0.803. The first kappa shape index (κ1) is 13.9. The van der Waals surface area contributed by atoms with Crippen molar-refractivity contribution in [3.05, 3.63) is 35.9 Å². The second kappa shape index (κ2) is 7.14. The Kier molecular flexibility index (Phi) is 5.21. The molecule has 1 aromatic rings. The van der Waals surface area contributed by atoms with E-state index in [4.69, 9.17) is 9.84 Å². The number of benzene rings is 1. The van der Waals surface area contributed by atoms with Crippen molar-refractivity contribution >= 4 is 6.09 Å². The first-order chi connectivity index (χ1) is 9.25. The van der Waals surface area contributed by atoms with Gasteiger partial charge in [-0.15, -0.1) is 0 Å². The van der Waals surface area contributed by atoms with Gasteiger partial charge in [-0.25, -0.2) is 4.79 Å². The molecule has 1 atom stereocenters. The van der Waals surface area contributed by atoms with Crippen LogP contribution in [-0.4, -0.2) is 35.8 Å². The van der Waals surface area contributed by atoms with E-state index in [1.807, 2.05) is 18.2 Å². The lowest BCUT2D eigenvalue weighted by molar-refractivity contribution is 0.113. The van der Waals surface area contributed by atoms with E-state index in [1.165, 1.54) is 10.5 Å². The summed E-state index contributed by atoms with van der Waals surface area (Å²) >= 11 is 0. The van der Waals surface area contributed by atoms with Crippen molar-refractivity contribution in [1.82, 2.24) is 4.90 Å². The lowest BCUT2D eigenvalue weighted by Gasteiger charge is -2.12. The maximum absolute atomic E-state index is 10.8. The Labute approximate surface area is 114 Å². The highest BCUT2D eigenvalue weighted by Crippen LogP contribution is 2.20. The van der Waals surface area contributed by atoms with Gasteiger partial charge in [-0.1, -0.05) is 30.3 Å². The average molecular weight is 263 g/mol. The molecule has 1 aromatic carbocycles. The van der Waals surface area contributed by atoms with Crippen LogP contribution in [0.4, 0.5) is 4.79 Å². The molecule has 19 heavy (non-hydrogen) atoms. The van der Waals surface area contributed by atoms with Gasteiger partial charge in [0.25, 0.3) is 0 Å². The molecule has 1 fully saturated rings. The number of amides is 1. The molecule has 0 radical (unpaired) electrons. The predicted octanol–water partition coefficient (Wildman–Crippen LogP) is 2.98. The Morgan fingerprint density at radius 3 is 2.84 bits per heavy atom. The van der Waals surface area contributed by atoms with Crippen LogP contribution in [-0.2, 0) is 11.3 Å². The van der Waals surface area contributed by atoms with Gasteiger partial charge in [0.1, 0.15) is 0 Å². The van der Waals surface area contributed by atoms with E-state index in [0.29, 0.717) is 25.6 Å². The van der Waals surface area contributed by atoms with E-state index in [0.717, 1.165) is 25.9 Å². The molecule has 0 saturated carbocycles. The molecular formula is C15H21NO3. The highest BCUT2D eigenvalue weighted by Gasteiger charge is 2.25. The predicted molar refractivity (Wildman–Crippen MR) is 73.0 cm³/mol. The molecule has 1 saturated heterocycles. The van der Waals surface area contributed by atoms with Crippen LogP contribution in [0.25, 0.3) is 0 Å². The molecule has 0 bridgehead atoms. The van der Waals surface area contributed by atoms with Gasteiger partial charge in [-0.05, 0) is 30.7 Å². The number of nitrogens with zero attached hydrogens (tertiary/aromatic N) is 1. The summed E-state index contributed by atoms with van der Waals surface area (Å²) in [7, 11) is 0. The zero-order chi connectivity index (χ0) is 13.5. The van der Waals surface area contributed by atoms with Gasteiger partial charge in [0.05, 0.1) is 6.61 Å². The van der Waals surface area contributed by atoms with Gasteiger partial charge in [0.2, 0.25) is 0 Å². The fraction of sp³-hybridized carbons (Fsp3) is 0.533. The minimum atomic E-state index is -0.789. The molecule has 4 heteroatoms. The van der Waals surface area contributed by atoms with Gasteiger partial charge >= 0.3 is 6.09 Å².